The van der Waals surface area contributed by atoms with Gasteiger partial charge >= 0.3 is 0 Å². The molecule has 0 bridgehead atoms. The van der Waals surface area contributed by atoms with Crippen LogP contribution in [0.15, 0.2) is 24.3 Å². The molecule has 4 heteroatoms. The van der Waals surface area contributed by atoms with Crippen molar-refractivity contribution in [2.75, 3.05) is 0 Å². The van der Waals surface area contributed by atoms with Crippen LogP contribution in [0.4, 0.5) is 0 Å². The van der Waals surface area contributed by atoms with Crippen molar-refractivity contribution in [1.82, 2.24) is 9.55 Å². The molecule has 2 heterocycles. The van der Waals surface area contributed by atoms with Gasteiger partial charge in [0.1, 0.15) is 5.15 Å². The van der Waals surface area contributed by atoms with Gasteiger partial charge in [-0.25, -0.2) is 0 Å². The summed E-state index contributed by atoms with van der Waals surface area (Å²) < 4.78 is 1.81. The Bertz CT molecular complexity index is 470. The molecule has 0 fully saturated rings. The summed E-state index contributed by atoms with van der Waals surface area (Å²) in [4.78, 5) is 13.6. The van der Waals surface area contributed by atoms with E-state index in [1.54, 1.807) is 12.1 Å². The molecule has 0 saturated carbocycles. The zero-order chi connectivity index (χ0) is 10.1. The molecular weight excluding hydrogens is 200 g/mol. The Labute approximate surface area is 86.3 Å². The van der Waals surface area contributed by atoms with Gasteiger partial charge in [-0.15, -0.1) is 0 Å². The standard InChI is InChI=1S/C10H9ClN2O/c1-13-7(6-14)2-4-9(13)8-3-5-10(11)12-8/h2-6,12H,1H3. The Balaban J connectivity index is 2.51. The summed E-state index contributed by atoms with van der Waals surface area (Å²) in [6.07, 6.45) is 0.827. The molecule has 2 rings (SSSR count). The number of hydrogen-bond donors (Lipinski definition) is 1. The van der Waals surface area contributed by atoms with E-state index >= 15 is 0 Å². The van der Waals surface area contributed by atoms with Gasteiger partial charge in [-0.05, 0) is 24.3 Å². The molecule has 72 valence electrons. The summed E-state index contributed by atoms with van der Waals surface area (Å²) >= 11 is 5.77. The Morgan fingerprint density at radius 2 is 2.14 bits per heavy atom. The van der Waals surface area contributed by atoms with E-state index in [0.29, 0.717) is 10.8 Å². The molecule has 0 aliphatic carbocycles. The van der Waals surface area contributed by atoms with Crippen molar-refractivity contribution < 1.29 is 4.79 Å². The summed E-state index contributed by atoms with van der Waals surface area (Å²) in [5.74, 6) is 0. The molecule has 0 unspecified atom stereocenters. The summed E-state index contributed by atoms with van der Waals surface area (Å²) in [6, 6.07) is 7.32. The van der Waals surface area contributed by atoms with Gasteiger partial charge in [0.05, 0.1) is 17.1 Å². The second kappa shape index (κ2) is 3.35. The Hall–Kier alpha value is -1.48. The third-order valence-electron chi connectivity index (χ3n) is 2.21. The number of halogens is 1. The van der Waals surface area contributed by atoms with E-state index in [-0.39, 0.29) is 0 Å². The van der Waals surface area contributed by atoms with Crippen molar-refractivity contribution in [3.63, 3.8) is 0 Å². The number of carbonyl (C=O) groups excluding carboxylic acids is 1. The number of carbonyl (C=O) groups is 1. The van der Waals surface area contributed by atoms with Crippen LogP contribution in [0.3, 0.4) is 0 Å². The minimum Gasteiger partial charge on any atom is -0.344 e. The number of aldehydes is 1. The van der Waals surface area contributed by atoms with Crippen molar-refractivity contribution in [3.05, 3.63) is 35.1 Å². The van der Waals surface area contributed by atoms with Gasteiger partial charge in [0.15, 0.2) is 6.29 Å². The van der Waals surface area contributed by atoms with Crippen LogP contribution in [0, 0.1) is 0 Å². The maximum atomic E-state index is 10.6. The van der Waals surface area contributed by atoms with E-state index in [0.717, 1.165) is 17.7 Å². The molecule has 0 atom stereocenters. The highest BCUT2D eigenvalue weighted by Gasteiger charge is 2.07. The lowest BCUT2D eigenvalue weighted by Crippen LogP contribution is -1.96. The van der Waals surface area contributed by atoms with E-state index in [1.165, 1.54) is 0 Å². The smallest absolute Gasteiger partial charge is 0.166 e. The molecule has 2 aromatic rings. The van der Waals surface area contributed by atoms with Gasteiger partial charge in [0.2, 0.25) is 0 Å². The second-order valence-electron chi connectivity index (χ2n) is 3.04. The van der Waals surface area contributed by atoms with Crippen LogP contribution in [0.5, 0.6) is 0 Å². The highest BCUT2D eigenvalue weighted by atomic mass is 35.5. The number of aromatic nitrogens is 2. The topological polar surface area (TPSA) is 37.8 Å². The Morgan fingerprint density at radius 3 is 2.64 bits per heavy atom. The zero-order valence-electron chi connectivity index (χ0n) is 7.62. The summed E-state index contributed by atoms with van der Waals surface area (Å²) in [7, 11) is 1.84. The third-order valence-corrected chi connectivity index (χ3v) is 2.43. The van der Waals surface area contributed by atoms with E-state index < -0.39 is 0 Å². The highest BCUT2D eigenvalue weighted by Crippen LogP contribution is 2.21. The number of aromatic amines is 1. The van der Waals surface area contributed by atoms with E-state index in [9.17, 15) is 4.79 Å². The molecule has 0 spiro atoms. The van der Waals surface area contributed by atoms with E-state index in [4.69, 9.17) is 11.6 Å². The molecule has 0 aliphatic heterocycles. The lowest BCUT2D eigenvalue weighted by molar-refractivity contribution is 0.111. The summed E-state index contributed by atoms with van der Waals surface area (Å²) in [6.45, 7) is 0. The van der Waals surface area contributed by atoms with Crippen molar-refractivity contribution in [2.45, 2.75) is 0 Å². The first-order valence-corrected chi connectivity index (χ1v) is 4.56. The Kier molecular flexibility index (Phi) is 2.17. The molecule has 0 amide bonds. The largest absolute Gasteiger partial charge is 0.344 e. The fourth-order valence-electron chi connectivity index (χ4n) is 1.43. The quantitative estimate of drug-likeness (QED) is 0.757. The number of hydrogen-bond acceptors (Lipinski definition) is 1. The maximum absolute atomic E-state index is 10.6. The van der Waals surface area contributed by atoms with Crippen molar-refractivity contribution in [3.8, 4) is 11.4 Å². The maximum Gasteiger partial charge on any atom is 0.166 e. The molecule has 0 aromatic carbocycles. The zero-order valence-corrected chi connectivity index (χ0v) is 8.38. The number of H-pyrrole nitrogens is 1. The molecule has 1 N–H and O–H groups in total. The number of nitrogens with one attached hydrogen (secondary N) is 1. The molecule has 0 aliphatic rings. The first kappa shape index (κ1) is 9.09. The third kappa shape index (κ3) is 1.36. The van der Waals surface area contributed by atoms with Crippen LogP contribution in [0.25, 0.3) is 11.4 Å². The molecule has 0 radical (unpaired) electrons. The molecule has 14 heavy (non-hydrogen) atoms. The van der Waals surface area contributed by atoms with Crippen LogP contribution < -0.4 is 0 Å². The van der Waals surface area contributed by atoms with Crippen LogP contribution in [-0.2, 0) is 7.05 Å². The van der Waals surface area contributed by atoms with Gasteiger partial charge in [-0.1, -0.05) is 11.6 Å². The van der Waals surface area contributed by atoms with Crippen LogP contribution >= 0.6 is 11.6 Å². The fraction of sp³-hybridized carbons (Fsp3) is 0.100. The van der Waals surface area contributed by atoms with Gasteiger partial charge in [-0.3, -0.25) is 4.79 Å². The van der Waals surface area contributed by atoms with Crippen LogP contribution in [0.1, 0.15) is 10.5 Å². The van der Waals surface area contributed by atoms with Crippen molar-refractivity contribution in [2.24, 2.45) is 7.05 Å². The second-order valence-corrected chi connectivity index (χ2v) is 3.45. The normalized spacial score (nSPS) is 10.4. The monoisotopic (exact) mass is 208 g/mol. The Morgan fingerprint density at radius 1 is 1.36 bits per heavy atom. The van der Waals surface area contributed by atoms with Gasteiger partial charge in [0, 0.05) is 7.05 Å². The lowest BCUT2D eigenvalue weighted by atomic mass is 10.3. The average Bonchev–Trinajstić information content (AvgIpc) is 2.72. The van der Waals surface area contributed by atoms with Crippen molar-refractivity contribution in [1.29, 1.82) is 0 Å². The molecule has 0 saturated heterocycles. The van der Waals surface area contributed by atoms with Gasteiger partial charge in [-0.2, -0.15) is 0 Å². The van der Waals surface area contributed by atoms with Crippen molar-refractivity contribution >= 4 is 17.9 Å². The molecule has 2 aromatic heterocycles. The predicted octanol–water partition coefficient (Wildman–Crippen LogP) is 2.49. The lowest BCUT2D eigenvalue weighted by Gasteiger charge is -2.01. The number of nitrogens with zero attached hydrogens (tertiary/aromatic N) is 1. The SMILES string of the molecule is Cn1c(C=O)ccc1-c1ccc(Cl)[nH]1. The van der Waals surface area contributed by atoms with Crippen LogP contribution in [0.2, 0.25) is 5.15 Å². The van der Waals surface area contributed by atoms with E-state index in [2.05, 4.69) is 4.98 Å². The average molecular weight is 209 g/mol. The fourth-order valence-corrected chi connectivity index (χ4v) is 1.60. The molecular formula is C10H9ClN2O. The van der Waals surface area contributed by atoms with Gasteiger partial charge in [0.25, 0.3) is 0 Å². The molecule has 3 nitrogen and oxygen atoms in total. The first-order chi connectivity index (χ1) is 6.72. The highest BCUT2D eigenvalue weighted by molar-refractivity contribution is 6.29. The summed E-state index contributed by atoms with van der Waals surface area (Å²) in [5.41, 5.74) is 2.50. The first-order valence-electron chi connectivity index (χ1n) is 4.18. The van der Waals surface area contributed by atoms with E-state index in [1.807, 2.05) is 23.7 Å². The van der Waals surface area contributed by atoms with Gasteiger partial charge < -0.3 is 9.55 Å². The van der Waals surface area contributed by atoms with Crippen LogP contribution in [-0.4, -0.2) is 15.8 Å². The minimum absolute atomic E-state index is 0.592. The summed E-state index contributed by atoms with van der Waals surface area (Å²) in [5, 5.41) is 0.592. The number of rotatable bonds is 2. The minimum atomic E-state index is 0.592. The predicted molar refractivity (Wildman–Crippen MR) is 55.6 cm³/mol.